The largest absolute Gasteiger partial charge is 0.443 e. The Bertz CT molecular complexity index is 496. The van der Waals surface area contributed by atoms with Crippen LogP contribution in [0.2, 0.25) is 0 Å². The van der Waals surface area contributed by atoms with E-state index in [2.05, 4.69) is 16.1 Å². The number of hydrogen-bond acceptors (Lipinski definition) is 6. The second-order valence-electron chi connectivity index (χ2n) is 8.15. The van der Waals surface area contributed by atoms with Gasteiger partial charge >= 0.3 is 6.09 Å². The molecule has 8 heteroatoms. The SMILES string of the molecule is CC1(OC(=O)N2CCC(C3NOC(C4CCNC(Cl)C4)N3)CC2)CC1. The fourth-order valence-corrected chi connectivity index (χ4v) is 4.33. The molecule has 0 aromatic heterocycles. The van der Waals surface area contributed by atoms with E-state index < -0.39 is 0 Å². The van der Waals surface area contributed by atoms with Gasteiger partial charge in [0.2, 0.25) is 0 Å². The highest BCUT2D eigenvalue weighted by Crippen LogP contribution is 2.39. The highest BCUT2D eigenvalue weighted by molar-refractivity contribution is 6.20. The van der Waals surface area contributed by atoms with Crippen LogP contribution in [0.5, 0.6) is 0 Å². The van der Waals surface area contributed by atoms with Gasteiger partial charge in [0.05, 0.1) is 11.7 Å². The number of rotatable bonds is 3. The van der Waals surface area contributed by atoms with Crippen LogP contribution in [-0.4, -0.2) is 54.1 Å². The van der Waals surface area contributed by atoms with Crippen molar-refractivity contribution in [1.82, 2.24) is 21.0 Å². The Morgan fingerprint density at radius 1 is 1.24 bits per heavy atom. The van der Waals surface area contributed by atoms with E-state index in [1.807, 2.05) is 11.8 Å². The van der Waals surface area contributed by atoms with Crippen LogP contribution in [0.15, 0.2) is 0 Å². The van der Waals surface area contributed by atoms with E-state index in [0.29, 0.717) is 11.8 Å². The van der Waals surface area contributed by atoms with Gasteiger partial charge in [0.25, 0.3) is 0 Å². The van der Waals surface area contributed by atoms with Crippen LogP contribution >= 0.6 is 11.6 Å². The van der Waals surface area contributed by atoms with Crippen molar-refractivity contribution in [2.75, 3.05) is 19.6 Å². The second kappa shape index (κ2) is 7.19. The molecule has 3 heterocycles. The average Bonchev–Trinajstić information content (AvgIpc) is 3.13. The van der Waals surface area contributed by atoms with Gasteiger partial charge in [-0.1, -0.05) is 0 Å². The molecule has 4 fully saturated rings. The summed E-state index contributed by atoms with van der Waals surface area (Å²) >= 11 is 6.21. The van der Waals surface area contributed by atoms with Gasteiger partial charge in [-0.15, -0.1) is 11.6 Å². The predicted molar refractivity (Wildman–Crippen MR) is 93.7 cm³/mol. The summed E-state index contributed by atoms with van der Waals surface area (Å²) in [6.45, 7) is 4.44. The molecule has 0 spiro atoms. The standard InChI is InChI=1S/C17H29ClN4O3/c1-17(5-6-17)24-16(23)22-8-3-11(4-9-22)14-20-15(25-21-14)12-2-7-19-13(18)10-12/h11-15,19-21H,2-10H2,1H3. The zero-order valence-corrected chi connectivity index (χ0v) is 15.6. The summed E-state index contributed by atoms with van der Waals surface area (Å²) in [4.78, 5) is 19.8. The molecular weight excluding hydrogens is 344 g/mol. The Morgan fingerprint density at radius 2 is 2.00 bits per heavy atom. The van der Waals surface area contributed by atoms with Gasteiger partial charge in [0.1, 0.15) is 11.8 Å². The first kappa shape index (κ1) is 17.8. The van der Waals surface area contributed by atoms with Crippen molar-refractivity contribution in [1.29, 1.82) is 0 Å². The Hall–Kier alpha value is -0.600. The average molecular weight is 373 g/mol. The maximum Gasteiger partial charge on any atom is 0.410 e. The van der Waals surface area contributed by atoms with Crippen LogP contribution in [0, 0.1) is 11.8 Å². The zero-order chi connectivity index (χ0) is 17.4. The normalized spacial score (nSPS) is 38.6. The Kier molecular flexibility index (Phi) is 5.12. The lowest BCUT2D eigenvalue weighted by molar-refractivity contribution is -0.0232. The van der Waals surface area contributed by atoms with Crippen LogP contribution in [0.25, 0.3) is 0 Å². The zero-order valence-electron chi connectivity index (χ0n) is 14.8. The molecule has 25 heavy (non-hydrogen) atoms. The van der Waals surface area contributed by atoms with Gasteiger partial charge in [-0.3, -0.25) is 10.2 Å². The van der Waals surface area contributed by atoms with Crippen molar-refractivity contribution in [2.45, 2.75) is 68.9 Å². The van der Waals surface area contributed by atoms with E-state index in [-0.39, 0.29) is 29.6 Å². The van der Waals surface area contributed by atoms with E-state index in [0.717, 1.165) is 58.2 Å². The van der Waals surface area contributed by atoms with Crippen molar-refractivity contribution in [3.8, 4) is 0 Å². The third kappa shape index (κ3) is 4.22. The third-order valence-electron chi connectivity index (χ3n) is 6.04. The van der Waals surface area contributed by atoms with Crippen LogP contribution in [0.1, 0.15) is 45.4 Å². The highest BCUT2D eigenvalue weighted by atomic mass is 35.5. The fourth-order valence-electron chi connectivity index (χ4n) is 3.99. The van der Waals surface area contributed by atoms with E-state index in [1.165, 1.54) is 0 Å². The summed E-state index contributed by atoms with van der Waals surface area (Å²) in [6.07, 6.45) is 5.89. The molecule has 0 aromatic rings. The Morgan fingerprint density at radius 3 is 2.68 bits per heavy atom. The molecule has 3 saturated heterocycles. The quantitative estimate of drug-likeness (QED) is 0.517. The molecule has 0 radical (unpaired) electrons. The smallest absolute Gasteiger partial charge is 0.410 e. The topological polar surface area (TPSA) is 74.9 Å². The van der Waals surface area contributed by atoms with Crippen LogP contribution in [0.4, 0.5) is 4.79 Å². The van der Waals surface area contributed by atoms with Gasteiger partial charge in [-0.25, -0.2) is 4.79 Å². The number of carbonyl (C=O) groups excluding carboxylic acids is 1. The molecule has 0 bridgehead atoms. The number of hydroxylamine groups is 1. The summed E-state index contributed by atoms with van der Waals surface area (Å²) in [7, 11) is 0. The van der Waals surface area contributed by atoms with Gasteiger partial charge < -0.3 is 15.0 Å². The molecule has 4 aliphatic rings. The second-order valence-corrected chi connectivity index (χ2v) is 8.68. The first-order valence-electron chi connectivity index (χ1n) is 9.55. The first-order valence-corrected chi connectivity index (χ1v) is 9.99. The molecule has 0 aromatic carbocycles. The number of nitrogens with zero attached hydrogens (tertiary/aromatic N) is 1. The molecule has 7 nitrogen and oxygen atoms in total. The third-order valence-corrected chi connectivity index (χ3v) is 6.37. The Labute approximate surface area is 154 Å². The van der Waals surface area contributed by atoms with Gasteiger partial charge in [-0.05, 0) is 57.9 Å². The van der Waals surface area contributed by atoms with Crippen molar-refractivity contribution < 1.29 is 14.4 Å². The molecule has 1 amide bonds. The summed E-state index contributed by atoms with van der Waals surface area (Å²) in [6, 6.07) is 0. The minimum absolute atomic E-state index is 0.0196. The van der Waals surface area contributed by atoms with Crippen LogP contribution in [0.3, 0.4) is 0 Å². The summed E-state index contributed by atoms with van der Waals surface area (Å²) in [5, 5.41) is 6.85. The van der Waals surface area contributed by atoms with Crippen LogP contribution in [-0.2, 0) is 9.57 Å². The van der Waals surface area contributed by atoms with Gasteiger partial charge in [-0.2, -0.15) is 5.48 Å². The van der Waals surface area contributed by atoms with Crippen molar-refractivity contribution in [3.63, 3.8) is 0 Å². The number of amides is 1. The van der Waals surface area contributed by atoms with Gasteiger partial charge in [0, 0.05) is 19.0 Å². The minimum atomic E-state index is -0.196. The molecule has 3 aliphatic heterocycles. The molecule has 4 unspecified atom stereocenters. The van der Waals surface area contributed by atoms with Crippen LogP contribution < -0.4 is 16.1 Å². The number of hydrogen-bond donors (Lipinski definition) is 3. The molecule has 3 N–H and O–H groups in total. The summed E-state index contributed by atoms with van der Waals surface area (Å²) in [5.74, 6) is 0.884. The van der Waals surface area contributed by atoms with E-state index in [1.54, 1.807) is 0 Å². The van der Waals surface area contributed by atoms with E-state index in [4.69, 9.17) is 21.2 Å². The van der Waals surface area contributed by atoms with Gasteiger partial charge in [0.15, 0.2) is 0 Å². The number of likely N-dealkylation sites (tertiary alicyclic amines) is 1. The van der Waals surface area contributed by atoms with Crippen molar-refractivity contribution in [2.24, 2.45) is 11.8 Å². The fraction of sp³-hybridized carbons (Fsp3) is 0.941. The molecule has 1 saturated carbocycles. The lowest BCUT2D eigenvalue weighted by Gasteiger charge is -2.34. The molecule has 1 aliphatic carbocycles. The number of carbonyl (C=O) groups is 1. The van der Waals surface area contributed by atoms with E-state index >= 15 is 0 Å². The number of alkyl halides is 1. The van der Waals surface area contributed by atoms with Crippen molar-refractivity contribution >= 4 is 17.7 Å². The molecule has 4 atom stereocenters. The number of ether oxygens (including phenoxy) is 1. The molecular formula is C17H29ClN4O3. The summed E-state index contributed by atoms with van der Waals surface area (Å²) < 4.78 is 5.57. The number of nitrogens with one attached hydrogen (secondary N) is 3. The Balaban J connectivity index is 1.22. The predicted octanol–water partition coefficient (Wildman–Crippen LogP) is 1.73. The first-order chi connectivity index (χ1) is 12.0. The molecule has 4 rings (SSSR count). The maximum atomic E-state index is 12.2. The number of halogens is 1. The lowest BCUT2D eigenvalue weighted by atomic mass is 9.92. The highest BCUT2D eigenvalue weighted by Gasteiger charge is 2.43. The lowest BCUT2D eigenvalue weighted by Crippen LogP contribution is -2.49. The minimum Gasteiger partial charge on any atom is -0.443 e. The van der Waals surface area contributed by atoms with E-state index in [9.17, 15) is 4.79 Å². The van der Waals surface area contributed by atoms with Crippen molar-refractivity contribution in [3.05, 3.63) is 0 Å². The monoisotopic (exact) mass is 372 g/mol. The summed E-state index contributed by atoms with van der Waals surface area (Å²) in [5.41, 5.74) is 3.01. The molecule has 142 valence electrons. The number of piperidine rings is 2. The maximum absolute atomic E-state index is 12.2.